The van der Waals surface area contributed by atoms with Gasteiger partial charge in [0.2, 0.25) is 5.91 Å². The van der Waals surface area contributed by atoms with Gasteiger partial charge in [-0.1, -0.05) is 0 Å². The first-order valence-corrected chi connectivity index (χ1v) is 8.53. The minimum atomic E-state index is -0.548. The van der Waals surface area contributed by atoms with Crippen molar-refractivity contribution in [3.63, 3.8) is 0 Å². The highest BCUT2D eigenvalue weighted by Gasteiger charge is 2.16. The van der Waals surface area contributed by atoms with E-state index < -0.39 is 11.6 Å². The molecular formula is C17H17N3O5S. The fourth-order valence-corrected chi connectivity index (χ4v) is 3.47. The molecule has 0 saturated carbocycles. The SMILES string of the molecule is COc1ccc(OC)c(NC(=O)Cn2c(=O)n(C)c(=O)c3sccc32)c1. The minimum Gasteiger partial charge on any atom is -0.497 e. The highest BCUT2D eigenvalue weighted by molar-refractivity contribution is 7.17. The molecule has 136 valence electrons. The maximum absolute atomic E-state index is 12.5. The van der Waals surface area contributed by atoms with Gasteiger partial charge in [-0.15, -0.1) is 11.3 Å². The van der Waals surface area contributed by atoms with Gasteiger partial charge in [0.05, 0.1) is 25.4 Å². The average Bonchev–Trinajstić information content (AvgIpc) is 3.13. The van der Waals surface area contributed by atoms with Crippen molar-refractivity contribution >= 4 is 33.1 Å². The van der Waals surface area contributed by atoms with E-state index in [9.17, 15) is 14.4 Å². The molecule has 0 atom stereocenters. The number of thiophene rings is 1. The molecule has 3 rings (SSSR count). The number of amides is 1. The Labute approximate surface area is 152 Å². The summed E-state index contributed by atoms with van der Waals surface area (Å²) in [4.78, 5) is 37.1. The Bertz CT molecular complexity index is 1100. The molecule has 26 heavy (non-hydrogen) atoms. The summed E-state index contributed by atoms with van der Waals surface area (Å²) in [6.07, 6.45) is 0. The third-order valence-corrected chi connectivity index (χ3v) is 4.83. The summed E-state index contributed by atoms with van der Waals surface area (Å²) in [6, 6.07) is 6.66. The third kappa shape index (κ3) is 3.08. The number of aromatic nitrogens is 2. The van der Waals surface area contributed by atoms with Crippen molar-refractivity contribution in [2.45, 2.75) is 6.54 Å². The lowest BCUT2D eigenvalue weighted by molar-refractivity contribution is -0.116. The number of carbonyl (C=O) groups is 1. The van der Waals surface area contributed by atoms with Gasteiger partial charge in [0.15, 0.2) is 0 Å². The number of methoxy groups -OCH3 is 2. The van der Waals surface area contributed by atoms with E-state index in [2.05, 4.69) is 5.32 Å². The van der Waals surface area contributed by atoms with E-state index in [1.165, 1.54) is 37.2 Å². The zero-order chi connectivity index (χ0) is 18.8. The molecule has 1 N–H and O–H groups in total. The average molecular weight is 375 g/mol. The molecule has 2 aromatic heterocycles. The number of benzene rings is 1. The number of carbonyl (C=O) groups excluding carboxylic acids is 1. The standard InChI is InChI=1S/C17H17N3O5S/c1-19-16(22)15-12(6-7-26-15)20(17(19)23)9-14(21)18-11-8-10(24-2)4-5-13(11)25-3/h4-8H,9H2,1-3H3,(H,18,21). The van der Waals surface area contributed by atoms with Crippen molar-refractivity contribution in [3.8, 4) is 11.5 Å². The summed E-state index contributed by atoms with van der Waals surface area (Å²) in [7, 11) is 4.40. The van der Waals surface area contributed by atoms with E-state index in [4.69, 9.17) is 9.47 Å². The van der Waals surface area contributed by atoms with Crippen LogP contribution in [0.1, 0.15) is 0 Å². The second-order valence-corrected chi connectivity index (χ2v) is 6.40. The predicted molar refractivity (Wildman–Crippen MR) is 99.5 cm³/mol. The molecule has 0 aliphatic rings. The Balaban J connectivity index is 1.95. The van der Waals surface area contributed by atoms with Gasteiger partial charge in [-0.25, -0.2) is 4.79 Å². The quantitative estimate of drug-likeness (QED) is 0.728. The van der Waals surface area contributed by atoms with Crippen LogP contribution in [0.3, 0.4) is 0 Å². The van der Waals surface area contributed by atoms with Crippen LogP contribution in [0.2, 0.25) is 0 Å². The molecular weight excluding hydrogens is 358 g/mol. The van der Waals surface area contributed by atoms with Crippen LogP contribution in [0.15, 0.2) is 39.2 Å². The highest BCUT2D eigenvalue weighted by Crippen LogP contribution is 2.28. The summed E-state index contributed by atoms with van der Waals surface area (Å²) in [5.41, 5.74) is -0.0491. The number of hydrogen-bond donors (Lipinski definition) is 1. The number of ether oxygens (including phenoxy) is 2. The first-order valence-electron chi connectivity index (χ1n) is 7.65. The van der Waals surface area contributed by atoms with Crippen molar-refractivity contribution < 1.29 is 14.3 Å². The maximum atomic E-state index is 12.5. The largest absolute Gasteiger partial charge is 0.497 e. The van der Waals surface area contributed by atoms with Crippen LogP contribution in [0.5, 0.6) is 11.5 Å². The fourth-order valence-electron chi connectivity index (χ4n) is 2.60. The summed E-state index contributed by atoms with van der Waals surface area (Å²) in [5.74, 6) is 0.595. The lowest BCUT2D eigenvalue weighted by atomic mass is 10.2. The van der Waals surface area contributed by atoms with Gasteiger partial charge < -0.3 is 14.8 Å². The molecule has 0 unspecified atom stereocenters. The fraction of sp³-hybridized carbons (Fsp3) is 0.235. The number of hydrogen-bond acceptors (Lipinski definition) is 6. The molecule has 0 aliphatic heterocycles. The summed E-state index contributed by atoms with van der Waals surface area (Å²) in [6.45, 7) is -0.236. The number of rotatable bonds is 5. The van der Waals surface area contributed by atoms with Crippen LogP contribution in [0.4, 0.5) is 5.69 Å². The van der Waals surface area contributed by atoms with E-state index in [0.717, 1.165) is 4.57 Å². The Morgan fingerprint density at radius 2 is 1.96 bits per heavy atom. The van der Waals surface area contributed by atoms with Gasteiger partial charge in [0.1, 0.15) is 22.7 Å². The van der Waals surface area contributed by atoms with E-state index in [-0.39, 0.29) is 12.1 Å². The maximum Gasteiger partial charge on any atom is 0.331 e. The van der Waals surface area contributed by atoms with E-state index >= 15 is 0 Å². The molecule has 1 aromatic carbocycles. The molecule has 0 radical (unpaired) electrons. The molecule has 0 aliphatic carbocycles. The molecule has 3 aromatic rings. The predicted octanol–water partition coefficient (Wildman–Crippen LogP) is 1.42. The highest BCUT2D eigenvalue weighted by atomic mass is 32.1. The zero-order valence-electron chi connectivity index (χ0n) is 14.4. The van der Waals surface area contributed by atoms with Crippen LogP contribution in [-0.4, -0.2) is 29.3 Å². The first-order chi connectivity index (χ1) is 12.5. The number of anilines is 1. The Hall–Kier alpha value is -3.07. The monoisotopic (exact) mass is 375 g/mol. The molecule has 0 bridgehead atoms. The molecule has 1 amide bonds. The molecule has 2 heterocycles. The third-order valence-electron chi connectivity index (χ3n) is 3.93. The molecule has 0 spiro atoms. The van der Waals surface area contributed by atoms with Crippen LogP contribution >= 0.6 is 11.3 Å². The normalized spacial score (nSPS) is 10.7. The van der Waals surface area contributed by atoms with Gasteiger partial charge in [-0.2, -0.15) is 0 Å². The molecule has 9 heteroatoms. The van der Waals surface area contributed by atoms with Crippen LogP contribution < -0.4 is 26.0 Å². The van der Waals surface area contributed by atoms with Gasteiger partial charge in [-0.3, -0.25) is 18.7 Å². The van der Waals surface area contributed by atoms with Crippen molar-refractivity contribution in [1.29, 1.82) is 0 Å². The first kappa shape index (κ1) is 17.7. The number of fused-ring (bicyclic) bond motifs is 1. The summed E-state index contributed by atoms with van der Waals surface area (Å²) in [5, 5.41) is 4.43. The Kier molecular flexibility index (Phi) is 4.81. The van der Waals surface area contributed by atoms with E-state index in [1.54, 1.807) is 29.6 Å². The summed E-state index contributed by atoms with van der Waals surface area (Å²) < 4.78 is 13.1. The van der Waals surface area contributed by atoms with Crippen molar-refractivity contribution in [2.24, 2.45) is 7.05 Å². The van der Waals surface area contributed by atoms with Crippen molar-refractivity contribution in [1.82, 2.24) is 9.13 Å². The lowest BCUT2D eigenvalue weighted by Gasteiger charge is -2.13. The van der Waals surface area contributed by atoms with Crippen LogP contribution in [0, 0.1) is 0 Å². The van der Waals surface area contributed by atoms with Gasteiger partial charge in [0.25, 0.3) is 5.56 Å². The van der Waals surface area contributed by atoms with Gasteiger partial charge >= 0.3 is 5.69 Å². The van der Waals surface area contributed by atoms with Crippen molar-refractivity contribution in [3.05, 3.63) is 50.5 Å². The molecule has 0 saturated heterocycles. The second-order valence-electron chi connectivity index (χ2n) is 5.48. The smallest absolute Gasteiger partial charge is 0.331 e. The van der Waals surface area contributed by atoms with Gasteiger partial charge in [0, 0.05) is 13.1 Å². The number of nitrogens with one attached hydrogen (secondary N) is 1. The van der Waals surface area contributed by atoms with Crippen molar-refractivity contribution in [2.75, 3.05) is 19.5 Å². The van der Waals surface area contributed by atoms with Crippen LogP contribution in [0.25, 0.3) is 10.2 Å². The molecule has 0 fully saturated rings. The number of nitrogens with zero attached hydrogens (tertiary/aromatic N) is 2. The minimum absolute atomic E-state index is 0.236. The summed E-state index contributed by atoms with van der Waals surface area (Å²) >= 11 is 1.23. The molecule has 8 nitrogen and oxygen atoms in total. The zero-order valence-corrected chi connectivity index (χ0v) is 15.3. The Morgan fingerprint density at radius 3 is 2.65 bits per heavy atom. The van der Waals surface area contributed by atoms with Crippen LogP contribution in [-0.2, 0) is 18.4 Å². The Morgan fingerprint density at radius 1 is 1.19 bits per heavy atom. The lowest BCUT2D eigenvalue weighted by Crippen LogP contribution is -2.39. The second kappa shape index (κ2) is 7.04. The van der Waals surface area contributed by atoms with Gasteiger partial charge in [-0.05, 0) is 23.6 Å². The van der Waals surface area contributed by atoms with E-state index in [0.29, 0.717) is 27.4 Å². The topological polar surface area (TPSA) is 91.6 Å². The van der Waals surface area contributed by atoms with E-state index in [1.807, 2.05) is 0 Å².